The Morgan fingerprint density at radius 1 is 1.26 bits per heavy atom. The molecule has 1 fully saturated rings. The van der Waals surface area contributed by atoms with E-state index in [2.05, 4.69) is 0 Å². The molecule has 0 spiro atoms. The summed E-state index contributed by atoms with van der Waals surface area (Å²) in [6.07, 6.45) is 0.318. The number of benzene rings is 1. The van der Waals surface area contributed by atoms with Gasteiger partial charge in [0.15, 0.2) is 4.75 Å². The largest absolute Gasteiger partial charge is 0.394 e. The van der Waals surface area contributed by atoms with Gasteiger partial charge in [0.25, 0.3) is 15.9 Å². The molecule has 0 bridgehead atoms. The Labute approximate surface area is 112 Å². The van der Waals surface area contributed by atoms with Crippen molar-refractivity contribution in [2.45, 2.75) is 31.1 Å². The predicted octanol–water partition coefficient (Wildman–Crippen LogP) is 0.541. The Morgan fingerprint density at radius 3 is 2.32 bits per heavy atom. The summed E-state index contributed by atoms with van der Waals surface area (Å²) in [5.74, 6) is -0.456. The molecule has 0 radical (unpaired) electrons. The number of rotatable bonds is 4. The fourth-order valence-corrected chi connectivity index (χ4v) is 3.82. The number of aliphatic hydroxyl groups is 1. The molecule has 19 heavy (non-hydrogen) atoms. The minimum absolute atomic E-state index is 0.318. The summed E-state index contributed by atoms with van der Waals surface area (Å²) >= 11 is 0. The minimum atomic E-state index is -3.66. The maximum atomic E-state index is 12.1. The van der Waals surface area contributed by atoms with Crippen molar-refractivity contribution in [1.29, 1.82) is 0 Å². The van der Waals surface area contributed by atoms with Crippen molar-refractivity contribution >= 4 is 15.9 Å². The molecule has 1 atom stereocenters. The topological polar surface area (TPSA) is 74.7 Å². The van der Waals surface area contributed by atoms with Crippen LogP contribution >= 0.6 is 0 Å². The number of nitrogens with zero attached hydrogens (tertiary/aromatic N) is 1. The van der Waals surface area contributed by atoms with Crippen LogP contribution < -0.4 is 0 Å². The number of hydrogen-bond acceptors (Lipinski definition) is 4. The summed E-state index contributed by atoms with van der Waals surface area (Å²) in [6.45, 7) is 2.40. The van der Waals surface area contributed by atoms with Gasteiger partial charge in [-0.3, -0.25) is 4.79 Å². The molecule has 2 rings (SSSR count). The third-order valence-corrected chi connectivity index (χ3v) is 5.92. The molecule has 0 aromatic heterocycles. The van der Waals surface area contributed by atoms with Gasteiger partial charge in [-0.25, -0.2) is 12.7 Å². The zero-order chi connectivity index (χ0) is 14.3. The molecule has 1 aliphatic heterocycles. The van der Waals surface area contributed by atoms with Gasteiger partial charge in [-0.1, -0.05) is 30.3 Å². The standard InChI is InChI=1S/C13H17NO4S/c1-13(2)12(16)14(19(13,17)18)11(9-15)8-10-6-4-3-5-7-10/h3-7,11,15H,8-9H2,1-2H3/t11-/m0/s1. The van der Waals surface area contributed by atoms with Crippen LogP contribution in [0.1, 0.15) is 19.4 Å². The van der Waals surface area contributed by atoms with E-state index in [1.165, 1.54) is 13.8 Å². The Balaban J connectivity index is 2.23. The smallest absolute Gasteiger partial charge is 0.259 e. The van der Waals surface area contributed by atoms with Gasteiger partial charge in [-0.15, -0.1) is 0 Å². The Hall–Kier alpha value is -1.40. The summed E-state index contributed by atoms with van der Waals surface area (Å²) in [7, 11) is -3.66. The van der Waals surface area contributed by atoms with Crippen molar-refractivity contribution in [2.24, 2.45) is 0 Å². The first-order valence-corrected chi connectivity index (χ1v) is 7.49. The molecule has 1 amide bonds. The molecule has 1 aromatic carbocycles. The molecular weight excluding hydrogens is 266 g/mol. The monoisotopic (exact) mass is 283 g/mol. The Bertz CT molecular complexity index is 580. The summed E-state index contributed by atoms with van der Waals surface area (Å²) < 4.78 is 23.6. The van der Waals surface area contributed by atoms with Crippen LogP contribution in [0.2, 0.25) is 0 Å². The third kappa shape index (κ3) is 2.04. The first kappa shape index (κ1) is 14.0. The SMILES string of the molecule is CC1(C)C(=O)N([C@H](CO)Cc2ccccc2)S1(=O)=O. The molecular formula is C13H17NO4S. The van der Waals surface area contributed by atoms with Gasteiger partial charge in [0.1, 0.15) is 0 Å². The van der Waals surface area contributed by atoms with Gasteiger partial charge in [0.2, 0.25) is 0 Å². The molecule has 1 aliphatic rings. The Kier molecular flexibility index (Phi) is 3.40. The first-order valence-electron chi connectivity index (χ1n) is 6.05. The first-order chi connectivity index (χ1) is 8.82. The summed E-state index contributed by atoms with van der Waals surface area (Å²) in [5.41, 5.74) is 0.884. The highest BCUT2D eigenvalue weighted by Gasteiger charge is 2.62. The fraction of sp³-hybridized carbons (Fsp3) is 0.462. The molecule has 1 aromatic rings. The van der Waals surface area contributed by atoms with Gasteiger partial charge in [0, 0.05) is 0 Å². The molecule has 0 saturated carbocycles. The second kappa shape index (κ2) is 4.61. The molecule has 0 unspecified atom stereocenters. The Morgan fingerprint density at radius 2 is 1.84 bits per heavy atom. The van der Waals surface area contributed by atoms with E-state index in [0.717, 1.165) is 9.87 Å². The second-order valence-electron chi connectivity index (χ2n) is 5.14. The number of carbonyl (C=O) groups is 1. The fourth-order valence-electron chi connectivity index (χ4n) is 2.16. The van der Waals surface area contributed by atoms with Gasteiger partial charge in [-0.2, -0.15) is 0 Å². The molecule has 6 heteroatoms. The highest BCUT2D eigenvalue weighted by molar-refractivity contribution is 7.94. The average Bonchev–Trinajstić information content (AvgIpc) is 2.38. The zero-order valence-corrected chi connectivity index (χ0v) is 11.7. The lowest BCUT2D eigenvalue weighted by Gasteiger charge is -2.46. The highest BCUT2D eigenvalue weighted by Crippen LogP contribution is 2.37. The van der Waals surface area contributed by atoms with Gasteiger partial charge < -0.3 is 5.11 Å². The van der Waals surface area contributed by atoms with E-state index in [-0.39, 0.29) is 6.61 Å². The maximum Gasteiger partial charge on any atom is 0.259 e. The average molecular weight is 283 g/mol. The lowest BCUT2D eigenvalue weighted by atomic mass is 10.0. The lowest BCUT2D eigenvalue weighted by molar-refractivity contribution is -0.134. The second-order valence-corrected chi connectivity index (χ2v) is 7.51. The number of amides is 1. The van der Waals surface area contributed by atoms with E-state index >= 15 is 0 Å². The minimum Gasteiger partial charge on any atom is -0.394 e. The van der Waals surface area contributed by atoms with Gasteiger partial charge in [0.05, 0.1) is 12.6 Å². The van der Waals surface area contributed by atoms with Gasteiger partial charge >= 0.3 is 0 Å². The molecule has 1 heterocycles. The van der Waals surface area contributed by atoms with Crippen LogP contribution in [0.3, 0.4) is 0 Å². The molecule has 5 nitrogen and oxygen atoms in total. The summed E-state index contributed by atoms with van der Waals surface area (Å²) in [5, 5.41) is 9.38. The van der Waals surface area contributed by atoms with E-state index in [1.54, 1.807) is 0 Å². The quantitative estimate of drug-likeness (QED) is 0.875. The van der Waals surface area contributed by atoms with E-state index < -0.39 is 26.7 Å². The predicted molar refractivity (Wildman–Crippen MR) is 70.9 cm³/mol. The van der Waals surface area contributed by atoms with Crippen molar-refractivity contribution in [3.63, 3.8) is 0 Å². The van der Waals surface area contributed by atoms with Crippen LogP contribution in [-0.4, -0.2) is 41.1 Å². The summed E-state index contributed by atoms with van der Waals surface area (Å²) in [4.78, 5) is 11.9. The molecule has 104 valence electrons. The van der Waals surface area contributed by atoms with Crippen LogP contribution in [0.4, 0.5) is 0 Å². The molecule has 1 N–H and O–H groups in total. The zero-order valence-electron chi connectivity index (χ0n) is 10.9. The normalized spacial score (nSPS) is 21.8. The molecule has 0 aliphatic carbocycles. The van der Waals surface area contributed by atoms with Crippen LogP contribution in [-0.2, 0) is 21.2 Å². The van der Waals surface area contributed by atoms with E-state index in [1.807, 2.05) is 30.3 Å². The number of aliphatic hydroxyl groups excluding tert-OH is 1. The van der Waals surface area contributed by atoms with E-state index in [9.17, 15) is 18.3 Å². The van der Waals surface area contributed by atoms with Crippen LogP contribution in [0.25, 0.3) is 0 Å². The number of carbonyl (C=O) groups excluding carboxylic acids is 1. The maximum absolute atomic E-state index is 12.1. The van der Waals surface area contributed by atoms with E-state index in [4.69, 9.17) is 0 Å². The van der Waals surface area contributed by atoms with Crippen LogP contribution in [0, 0.1) is 0 Å². The van der Waals surface area contributed by atoms with Crippen LogP contribution in [0.5, 0.6) is 0 Å². The molecule has 1 saturated heterocycles. The van der Waals surface area contributed by atoms with Crippen molar-refractivity contribution in [2.75, 3.05) is 6.61 Å². The van der Waals surface area contributed by atoms with Crippen molar-refractivity contribution in [3.05, 3.63) is 35.9 Å². The van der Waals surface area contributed by atoms with Gasteiger partial charge in [-0.05, 0) is 25.8 Å². The lowest BCUT2D eigenvalue weighted by Crippen LogP contribution is -2.70. The summed E-state index contributed by atoms with van der Waals surface area (Å²) in [6, 6.07) is 8.47. The number of hydrogen-bond donors (Lipinski definition) is 1. The van der Waals surface area contributed by atoms with E-state index in [0.29, 0.717) is 6.42 Å². The van der Waals surface area contributed by atoms with Crippen LogP contribution in [0.15, 0.2) is 30.3 Å². The van der Waals surface area contributed by atoms with Crippen molar-refractivity contribution < 1.29 is 18.3 Å². The van der Waals surface area contributed by atoms with Crippen molar-refractivity contribution in [3.8, 4) is 0 Å². The van der Waals surface area contributed by atoms with Crippen molar-refractivity contribution in [1.82, 2.24) is 4.31 Å². The highest BCUT2D eigenvalue weighted by atomic mass is 32.2. The third-order valence-electron chi connectivity index (χ3n) is 3.48. The number of sulfonamides is 1.